The highest BCUT2D eigenvalue weighted by Crippen LogP contribution is 2.09. The van der Waals surface area contributed by atoms with Gasteiger partial charge in [0.15, 0.2) is 0 Å². The Bertz CT molecular complexity index is 212. The number of nitrogens with one attached hydrogen (secondary N) is 2. The molecule has 94 valence electrons. The lowest BCUT2D eigenvalue weighted by Crippen LogP contribution is -2.42. The van der Waals surface area contributed by atoms with Crippen LogP contribution in [0.15, 0.2) is 0 Å². The number of rotatable bonds is 5. The van der Waals surface area contributed by atoms with E-state index in [0.717, 1.165) is 19.6 Å². The van der Waals surface area contributed by atoms with Crippen LogP contribution in [0.2, 0.25) is 0 Å². The molecule has 1 rings (SSSR count). The smallest absolute Gasteiger partial charge is 0.221 e. The van der Waals surface area contributed by atoms with E-state index < -0.39 is 0 Å². The molecule has 1 fully saturated rings. The summed E-state index contributed by atoms with van der Waals surface area (Å²) in [6, 6.07) is 0.893. The monoisotopic (exact) mass is 227 g/mol. The minimum absolute atomic E-state index is 0.163. The third-order valence-corrected chi connectivity index (χ3v) is 3.07. The summed E-state index contributed by atoms with van der Waals surface area (Å²) in [4.78, 5) is 13.8. The van der Waals surface area contributed by atoms with Gasteiger partial charge in [-0.3, -0.25) is 4.79 Å². The number of hydrogen-bond acceptors (Lipinski definition) is 3. The van der Waals surface area contributed by atoms with Crippen molar-refractivity contribution in [1.29, 1.82) is 0 Å². The lowest BCUT2D eigenvalue weighted by molar-refractivity contribution is -0.121. The lowest BCUT2D eigenvalue weighted by atomic mass is 10.1. The molecule has 0 atom stereocenters. The minimum atomic E-state index is 0.163. The van der Waals surface area contributed by atoms with Crippen molar-refractivity contribution in [2.24, 2.45) is 0 Å². The van der Waals surface area contributed by atoms with Crippen molar-refractivity contribution in [2.45, 2.75) is 45.2 Å². The van der Waals surface area contributed by atoms with Crippen molar-refractivity contribution < 1.29 is 4.79 Å². The van der Waals surface area contributed by atoms with Crippen LogP contribution in [0, 0.1) is 0 Å². The summed E-state index contributed by atoms with van der Waals surface area (Å²) in [6.45, 7) is 7.06. The Kier molecular flexibility index (Phi) is 5.77. The molecule has 1 aliphatic rings. The van der Waals surface area contributed by atoms with E-state index in [1.165, 1.54) is 12.8 Å². The summed E-state index contributed by atoms with van der Waals surface area (Å²) in [5.41, 5.74) is 0. The average molecular weight is 227 g/mol. The Morgan fingerprint density at radius 1 is 1.44 bits per heavy atom. The van der Waals surface area contributed by atoms with Crippen LogP contribution >= 0.6 is 0 Å². The van der Waals surface area contributed by atoms with Crippen molar-refractivity contribution in [1.82, 2.24) is 15.5 Å². The predicted octanol–water partition coefficient (Wildman–Crippen LogP) is 0.585. The normalized spacial score (nSPS) is 18.1. The Balaban J connectivity index is 2.18. The fraction of sp³-hybridized carbons (Fsp3) is 0.917. The highest BCUT2D eigenvalue weighted by Gasteiger charge is 2.17. The van der Waals surface area contributed by atoms with Crippen LogP contribution in [0.4, 0.5) is 0 Å². The topological polar surface area (TPSA) is 44.4 Å². The quantitative estimate of drug-likeness (QED) is 0.722. The fourth-order valence-electron chi connectivity index (χ4n) is 2.10. The third kappa shape index (κ3) is 4.94. The predicted molar refractivity (Wildman–Crippen MR) is 66.4 cm³/mol. The Morgan fingerprint density at radius 3 is 2.62 bits per heavy atom. The van der Waals surface area contributed by atoms with Crippen LogP contribution in [0.3, 0.4) is 0 Å². The van der Waals surface area contributed by atoms with E-state index in [0.29, 0.717) is 12.5 Å². The number of hydrogen-bond donors (Lipinski definition) is 2. The van der Waals surface area contributed by atoms with Gasteiger partial charge in [-0.25, -0.2) is 0 Å². The molecule has 1 saturated heterocycles. The summed E-state index contributed by atoms with van der Waals surface area (Å²) < 4.78 is 0. The van der Waals surface area contributed by atoms with Gasteiger partial charge in [0.25, 0.3) is 0 Å². The first kappa shape index (κ1) is 13.5. The van der Waals surface area contributed by atoms with E-state index in [2.05, 4.69) is 22.6 Å². The Hall–Kier alpha value is -0.610. The van der Waals surface area contributed by atoms with Gasteiger partial charge >= 0.3 is 0 Å². The van der Waals surface area contributed by atoms with E-state index in [9.17, 15) is 4.79 Å². The second-order valence-electron chi connectivity index (χ2n) is 4.93. The highest BCUT2D eigenvalue weighted by atomic mass is 16.1. The van der Waals surface area contributed by atoms with Gasteiger partial charge in [0.1, 0.15) is 0 Å². The Labute approximate surface area is 98.8 Å². The van der Waals surface area contributed by atoms with Gasteiger partial charge in [0.05, 0.1) is 0 Å². The first-order chi connectivity index (χ1) is 7.59. The molecule has 0 bridgehead atoms. The van der Waals surface area contributed by atoms with E-state index >= 15 is 0 Å². The molecule has 0 aromatic rings. The second kappa shape index (κ2) is 6.86. The molecule has 0 aromatic heterocycles. The standard InChI is InChI=1S/C12H25N3O/c1-10(2)14-12(16)6-9-15(3)11-4-7-13-8-5-11/h10-11,13H,4-9H2,1-3H3,(H,14,16). The van der Waals surface area contributed by atoms with Gasteiger partial charge in [0, 0.05) is 25.0 Å². The molecule has 0 radical (unpaired) electrons. The van der Waals surface area contributed by atoms with E-state index in [4.69, 9.17) is 0 Å². The van der Waals surface area contributed by atoms with Crippen molar-refractivity contribution in [3.8, 4) is 0 Å². The molecule has 4 nitrogen and oxygen atoms in total. The average Bonchev–Trinajstić information content (AvgIpc) is 2.26. The second-order valence-corrected chi connectivity index (χ2v) is 4.93. The lowest BCUT2D eigenvalue weighted by Gasteiger charge is -2.31. The van der Waals surface area contributed by atoms with Gasteiger partial charge in [-0.15, -0.1) is 0 Å². The third-order valence-electron chi connectivity index (χ3n) is 3.07. The largest absolute Gasteiger partial charge is 0.354 e. The number of carbonyl (C=O) groups excluding carboxylic acids is 1. The maximum Gasteiger partial charge on any atom is 0.221 e. The van der Waals surface area contributed by atoms with Gasteiger partial charge < -0.3 is 15.5 Å². The first-order valence-corrected chi connectivity index (χ1v) is 6.30. The highest BCUT2D eigenvalue weighted by molar-refractivity contribution is 5.76. The number of amides is 1. The van der Waals surface area contributed by atoms with Crippen LogP contribution in [0.5, 0.6) is 0 Å². The van der Waals surface area contributed by atoms with E-state index in [-0.39, 0.29) is 11.9 Å². The molecule has 1 aliphatic heterocycles. The molecule has 0 aliphatic carbocycles. The zero-order valence-corrected chi connectivity index (χ0v) is 10.8. The maximum atomic E-state index is 11.5. The minimum Gasteiger partial charge on any atom is -0.354 e. The molecule has 0 aromatic carbocycles. The molecule has 0 saturated carbocycles. The summed E-state index contributed by atoms with van der Waals surface area (Å²) in [5.74, 6) is 0.163. The van der Waals surface area contributed by atoms with Crippen LogP contribution < -0.4 is 10.6 Å². The summed E-state index contributed by atoms with van der Waals surface area (Å²) in [7, 11) is 2.12. The summed E-state index contributed by atoms with van der Waals surface area (Å²) in [5, 5.41) is 6.28. The number of carbonyl (C=O) groups is 1. The summed E-state index contributed by atoms with van der Waals surface area (Å²) in [6.07, 6.45) is 3.00. The molecule has 0 spiro atoms. The zero-order valence-electron chi connectivity index (χ0n) is 10.8. The van der Waals surface area contributed by atoms with Crippen molar-refractivity contribution >= 4 is 5.91 Å². The summed E-state index contributed by atoms with van der Waals surface area (Å²) >= 11 is 0. The molecule has 16 heavy (non-hydrogen) atoms. The molecule has 2 N–H and O–H groups in total. The van der Waals surface area contributed by atoms with Crippen LogP contribution in [0.25, 0.3) is 0 Å². The molecule has 1 heterocycles. The number of piperidine rings is 1. The van der Waals surface area contributed by atoms with E-state index in [1.54, 1.807) is 0 Å². The molecule has 1 amide bonds. The molecular formula is C12H25N3O. The van der Waals surface area contributed by atoms with Crippen molar-refractivity contribution in [2.75, 3.05) is 26.7 Å². The van der Waals surface area contributed by atoms with E-state index in [1.807, 2.05) is 13.8 Å². The molecular weight excluding hydrogens is 202 g/mol. The van der Waals surface area contributed by atoms with Crippen LogP contribution in [0.1, 0.15) is 33.1 Å². The van der Waals surface area contributed by atoms with Gasteiger partial charge in [0.2, 0.25) is 5.91 Å². The van der Waals surface area contributed by atoms with Crippen LogP contribution in [-0.4, -0.2) is 49.6 Å². The number of nitrogens with zero attached hydrogens (tertiary/aromatic N) is 1. The van der Waals surface area contributed by atoms with Gasteiger partial charge in [-0.2, -0.15) is 0 Å². The van der Waals surface area contributed by atoms with Crippen molar-refractivity contribution in [3.05, 3.63) is 0 Å². The first-order valence-electron chi connectivity index (χ1n) is 6.30. The van der Waals surface area contributed by atoms with Crippen LogP contribution in [-0.2, 0) is 4.79 Å². The van der Waals surface area contributed by atoms with Gasteiger partial charge in [-0.05, 0) is 46.8 Å². The van der Waals surface area contributed by atoms with Crippen molar-refractivity contribution in [3.63, 3.8) is 0 Å². The molecule has 0 unspecified atom stereocenters. The van der Waals surface area contributed by atoms with Gasteiger partial charge in [-0.1, -0.05) is 0 Å². The molecule has 4 heteroatoms. The Morgan fingerprint density at radius 2 is 2.06 bits per heavy atom. The maximum absolute atomic E-state index is 11.5. The zero-order chi connectivity index (χ0) is 12.0. The SMILES string of the molecule is CC(C)NC(=O)CCN(C)C1CCNCC1. The fourth-order valence-corrected chi connectivity index (χ4v) is 2.10.